The molecule has 0 saturated carbocycles. The number of nitrogens with zero attached hydrogens (tertiary/aromatic N) is 2. The van der Waals surface area contributed by atoms with Gasteiger partial charge in [-0.2, -0.15) is 18.3 Å². The molecule has 1 aromatic carbocycles. The smallest absolute Gasteiger partial charge is 0.422 e. The predicted molar refractivity (Wildman–Crippen MR) is 103 cm³/mol. The van der Waals surface area contributed by atoms with Crippen LogP contribution >= 0.6 is 0 Å². The van der Waals surface area contributed by atoms with E-state index < -0.39 is 12.8 Å². The molecule has 2 N–H and O–H groups in total. The first-order valence-corrected chi connectivity index (χ1v) is 9.30. The van der Waals surface area contributed by atoms with Gasteiger partial charge in [-0.3, -0.25) is 0 Å². The number of aromatic amines is 1. The Balaban J connectivity index is 1.62. The molecule has 0 unspecified atom stereocenters. The summed E-state index contributed by atoms with van der Waals surface area (Å²) in [7, 11) is 1.58. The summed E-state index contributed by atoms with van der Waals surface area (Å²) < 4.78 is 43.8. The lowest BCUT2D eigenvalue weighted by molar-refractivity contribution is -0.154. The second-order valence-corrected chi connectivity index (χ2v) is 6.83. The Labute approximate surface area is 161 Å². The quantitative estimate of drug-likeness (QED) is 0.567. The van der Waals surface area contributed by atoms with Gasteiger partial charge >= 0.3 is 6.18 Å². The minimum Gasteiger partial charge on any atom is -0.468 e. The number of aromatic nitrogens is 3. The van der Waals surface area contributed by atoms with E-state index in [4.69, 9.17) is 4.74 Å². The van der Waals surface area contributed by atoms with E-state index >= 15 is 0 Å². The van der Waals surface area contributed by atoms with Crippen molar-refractivity contribution < 1.29 is 17.9 Å². The van der Waals surface area contributed by atoms with E-state index in [1.807, 2.05) is 6.20 Å². The van der Waals surface area contributed by atoms with Gasteiger partial charge in [0.1, 0.15) is 0 Å². The summed E-state index contributed by atoms with van der Waals surface area (Å²) in [4.78, 5) is 3.35. The molecule has 0 aliphatic carbocycles. The third-order valence-electron chi connectivity index (χ3n) is 4.80. The average Bonchev–Trinajstić information content (AvgIpc) is 3.16. The van der Waals surface area contributed by atoms with Crippen molar-refractivity contribution in [2.24, 2.45) is 7.05 Å². The predicted octanol–water partition coefficient (Wildman–Crippen LogP) is 4.05. The largest absolute Gasteiger partial charge is 0.468 e. The van der Waals surface area contributed by atoms with Crippen molar-refractivity contribution in [3.8, 4) is 5.88 Å². The lowest BCUT2D eigenvalue weighted by atomic mass is 10.1. The van der Waals surface area contributed by atoms with Crippen molar-refractivity contribution in [2.75, 3.05) is 13.2 Å². The highest BCUT2D eigenvalue weighted by Crippen LogP contribution is 2.25. The van der Waals surface area contributed by atoms with E-state index in [0.717, 1.165) is 12.8 Å². The Morgan fingerprint density at radius 2 is 2.04 bits per heavy atom. The van der Waals surface area contributed by atoms with Crippen molar-refractivity contribution in [1.29, 1.82) is 0 Å². The average molecular weight is 394 g/mol. The van der Waals surface area contributed by atoms with Crippen LogP contribution in [0, 0.1) is 6.92 Å². The minimum absolute atomic E-state index is 0.155. The molecule has 5 nitrogen and oxygen atoms in total. The molecule has 0 bridgehead atoms. The van der Waals surface area contributed by atoms with Gasteiger partial charge in [-0.1, -0.05) is 25.1 Å². The lowest BCUT2D eigenvalue weighted by Gasteiger charge is -2.12. The Morgan fingerprint density at radius 3 is 2.75 bits per heavy atom. The number of nitrogens with one attached hydrogen (secondary N) is 2. The summed E-state index contributed by atoms with van der Waals surface area (Å²) in [6.45, 7) is 3.66. The molecular formula is C20H25F3N4O. The summed E-state index contributed by atoms with van der Waals surface area (Å²) in [5.41, 5.74) is 4.99. The maximum absolute atomic E-state index is 12.5. The number of benzene rings is 1. The number of hydrogen-bond acceptors (Lipinski definition) is 3. The highest BCUT2D eigenvalue weighted by Gasteiger charge is 2.30. The van der Waals surface area contributed by atoms with Gasteiger partial charge in [-0.05, 0) is 37.4 Å². The van der Waals surface area contributed by atoms with Crippen LogP contribution in [0.2, 0.25) is 0 Å². The molecule has 0 atom stereocenters. The zero-order valence-electron chi connectivity index (χ0n) is 16.3. The molecule has 2 aromatic heterocycles. The maximum Gasteiger partial charge on any atom is 0.422 e. The lowest BCUT2D eigenvalue weighted by Crippen LogP contribution is -2.22. The number of alkyl halides is 3. The first kappa shape index (κ1) is 20.3. The second kappa shape index (κ2) is 8.26. The van der Waals surface area contributed by atoms with Crippen LogP contribution < -0.4 is 10.1 Å². The minimum atomic E-state index is -4.38. The normalized spacial score (nSPS) is 12.1. The molecule has 0 radical (unpaired) electrons. The van der Waals surface area contributed by atoms with E-state index in [2.05, 4.69) is 40.5 Å². The van der Waals surface area contributed by atoms with Crippen molar-refractivity contribution in [3.05, 3.63) is 46.8 Å². The molecule has 0 amide bonds. The molecule has 3 rings (SSSR count). The van der Waals surface area contributed by atoms with Gasteiger partial charge in [-0.25, -0.2) is 4.68 Å². The fourth-order valence-corrected chi connectivity index (χ4v) is 3.43. The molecule has 0 spiro atoms. The van der Waals surface area contributed by atoms with Gasteiger partial charge < -0.3 is 15.0 Å². The van der Waals surface area contributed by atoms with Crippen LogP contribution in [0.5, 0.6) is 5.88 Å². The van der Waals surface area contributed by atoms with E-state index in [0.29, 0.717) is 24.3 Å². The Hall–Kier alpha value is -2.48. The summed E-state index contributed by atoms with van der Waals surface area (Å²) in [6, 6.07) is 6.29. The number of ether oxygens (including phenoxy) is 1. The van der Waals surface area contributed by atoms with Gasteiger partial charge in [0.05, 0.1) is 11.3 Å². The molecule has 0 aliphatic rings. The van der Waals surface area contributed by atoms with Gasteiger partial charge in [0, 0.05) is 30.7 Å². The number of halogens is 3. The Morgan fingerprint density at radius 1 is 1.25 bits per heavy atom. The monoisotopic (exact) mass is 394 g/mol. The van der Waals surface area contributed by atoms with E-state index in [1.165, 1.54) is 26.7 Å². The van der Waals surface area contributed by atoms with Gasteiger partial charge in [0.2, 0.25) is 5.88 Å². The third kappa shape index (κ3) is 4.49. The molecule has 152 valence electrons. The van der Waals surface area contributed by atoms with Crippen LogP contribution in [0.25, 0.3) is 10.9 Å². The number of fused-ring (bicyclic) bond motifs is 1. The standard InChI is InChI=1S/C20H25F3N4O/c1-4-14-6-5-7-16-15(10-25-18(14)16)8-9-24-11-17-13(2)26-27(3)19(17)28-12-20(21,22)23/h5-7,10,24-25H,4,8-9,11-12H2,1-3H3. The summed E-state index contributed by atoms with van der Waals surface area (Å²) in [5, 5.41) is 8.69. The van der Waals surface area contributed by atoms with Crippen molar-refractivity contribution in [1.82, 2.24) is 20.1 Å². The van der Waals surface area contributed by atoms with Crippen LogP contribution in [0.3, 0.4) is 0 Å². The van der Waals surface area contributed by atoms with Crippen LogP contribution in [0.15, 0.2) is 24.4 Å². The fourth-order valence-electron chi connectivity index (χ4n) is 3.43. The van der Waals surface area contributed by atoms with Gasteiger partial charge in [0.25, 0.3) is 0 Å². The van der Waals surface area contributed by atoms with Crippen LogP contribution in [-0.4, -0.2) is 34.1 Å². The molecule has 3 aromatic rings. The number of aryl methyl sites for hydroxylation is 3. The molecule has 0 saturated heterocycles. The van der Waals surface area contributed by atoms with Crippen molar-refractivity contribution >= 4 is 10.9 Å². The van der Waals surface area contributed by atoms with Crippen molar-refractivity contribution in [3.63, 3.8) is 0 Å². The number of rotatable bonds is 8. The van der Waals surface area contributed by atoms with E-state index in [9.17, 15) is 13.2 Å². The summed E-state index contributed by atoms with van der Waals surface area (Å²) in [5.74, 6) is 0.155. The highest BCUT2D eigenvalue weighted by atomic mass is 19.4. The van der Waals surface area contributed by atoms with E-state index in [-0.39, 0.29) is 5.88 Å². The van der Waals surface area contributed by atoms with Crippen molar-refractivity contribution in [2.45, 2.75) is 39.4 Å². The molecule has 0 aliphatic heterocycles. The molecule has 2 heterocycles. The Kier molecular flexibility index (Phi) is 5.98. The zero-order chi connectivity index (χ0) is 20.3. The first-order valence-electron chi connectivity index (χ1n) is 9.30. The van der Waals surface area contributed by atoms with Crippen LogP contribution in [-0.2, 0) is 26.4 Å². The van der Waals surface area contributed by atoms with Gasteiger partial charge in [-0.15, -0.1) is 0 Å². The second-order valence-electron chi connectivity index (χ2n) is 6.83. The number of para-hydroxylation sites is 1. The summed E-state index contributed by atoms with van der Waals surface area (Å²) in [6.07, 6.45) is -0.573. The van der Waals surface area contributed by atoms with Gasteiger partial charge in [0.15, 0.2) is 6.61 Å². The van der Waals surface area contributed by atoms with Crippen LogP contribution in [0.1, 0.15) is 29.3 Å². The number of hydrogen-bond donors (Lipinski definition) is 2. The topological polar surface area (TPSA) is 54.9 Å². The zero-order valence-corrected chi connectivity index (χ0v) is 16.3. The molecular weight excluding hydrogens is 369 g/mol. The summed E-state index contributed by atoms with van der Waals surface area (Å²) >= 11 is 0. The fraction of sp³-hybridized carbons (Fsp3) is 0.450. The Bertz CT molecular complexity index is 943. The van der Waals surface area contributed by atoms with Crippen LogP contribution in [0.4, 0.5) is 13.2 Å². The first-order chi connectivity index (χ1) is 13.3. The van der Waals surface area contributed by atoms with E-state index in [1.54, 1.807) is 14.0 Å². The number of H-pyrrole nitrogens is 1. The third-order valence-corrected chi connectivity index (χ3v) is 4.80. The molecule has 0 fully saturated rings. The highest BCUT2D eigenvalue weighted by molar-refractivity contribution is 5.86. The molecule has 8 heteroatoms. The maximum atomic E-state index is 12.5. The SMILES string of the molecule is CCc1cccc2c(CCNCc3c(C)nn(C)c3OCC(F)(F)F)c[nH]c12. The molecule has 28 heavy (non-hydrogen) atoms.